The molecule has 2 aliphatic rings. The minimum absolute atomic E-state index is 0.0468. The minimum Gasteiger partial charge on any atom is -0.493 e. The zero-order chi connectivity index (χ0) is 20.8. The van der Waals surface area contributed by atoms with E-state index < -0.39 is 15.6 Å². The first-order valence-electron chi connectivity index (χ1n) is 9.24. The van der Waals surface area contributed by atoms with Crippen molar-refractivity contribution < 1.29 is 17.9 Å². The Hall–Kier alpha value is -2.94. The molecular formula is C20H22N4O4S. The number of fused-ring (bicyclic) bond motifs is 2. The summed E-state index contributed by atoms with van der Waals surface area (Å²) in [7, 11) is -2.21. The van der Waals surface area contributed by atoms with Crippen LogP contribution in [-0.4, -0.2) is 48.9 Å². The van der Waals surface area contributed by atoms with Crippen LogP contribution in [0, 0.1) is 6.92 Å². The van der Waals surface area contributed by atoms with Gasteiger partial charge in [-0.2, -0.15) is 0 Å². The molecule has 4 rings (SSSR count). The van der Waals surface area contributed by atoms with Crippen LogP contribution in [0.1, 0.15) is 33.6 Å². The number of sulfonamides is 1. The van der Waals surface area contributed by atoms with Gasteiger partial charge in [0.15, 0.2) is 5.78 Å². The number of carbonyl (C=O) groups is 1. The van der Waals surface area contributed by atoms with Crippen LogP contribution in [0.4, 0.5) is 0 Å². The number of ketones is 1. The Balaban J connectivity index is 1.71. The predicted octanol–water partition coefficient (Wildman–Crippen LogP) is 1.38. The van der Waals surface area contributed by atoms with Gasteiger partial charge in [0.2, 0.25) is 16.0 Å². The number of carbonyl (C=O) groups excluding carboxylic acids is 1. The van der Waals surface area contributed by atoms with E-state index in [1.54, 1.807) is 30.5 Å². The zero-order valence-corrected chi connectivity index (χ0v) is 17.1. The van der Waals surface area contributed by atoms with Gasteiger partial charge in [-0.05, 0) is 36.2 Å². The lowest BCUT2D eigenvalue weighted by Gasteiger charge is -2.40. The number of hydrogen-bond acceptors (Lipinski definition) is 7. The number of hydrogen-bond donors (Lipinski definition) is 1. The molecule has 29 heavy (non-hydrogen) atoms. The van der Waals surface area contributed by atoms with Crippen LogP contribution in [-0.2, 0) is 22.0 Å². The summed E-state index contributed by atoms with van der Waals surface area (Å²) in [5.74, 6) is 0.214. The number of aryl methyl sites for hydroxylation is 1. The Morgan fingerprint density at radius 1 is 1.31 bits per heavy atom. The maximum Gasteiger partial charge on any atom is 0.239 e. The summed E-state index contributed by atoms with van der Waals surface area (Å²) in [4.78, 5) is 21.3. The molecule has 0 saturated heterocycles. The first-order chi connectivity index (χ1) is 13.7. The van der Waals surface area contributed by atoms with Gasteiger partial charge in [0.05, 0.1) is 12.4 Å². The monoisotopic (exact) mass is 414 g/mol. The second-order valence-electron chi connectivity index (χ2n) is 7.48. The van der Waals surface area contributed by atoms with Crippen LogP contribution in [0.15, 0.2) is 41.5 Å². The average Bonchev–Trinajstić information content (AvgIpc) is 2.67. The molecule has 9 heteroatoms. The number of guanidine groups is 1. The molecule has 1 aromatic heterocycles. The fourth-order valence-corrected chi connectivity index (χ4v) is 5.17. The number of nitrogens with zero attached hydrogens (tertiary/aromatic N) is 3. The van der Waals surface area contributed by atoms with Crippen molar-refractivity contribution in [3.63, 3.8) is 0 Å². The summed E-state index contributed by atoms with van der Waals surface area (Å²) < 4.78 is 32.0. The first-order valence-corrected chi connectivity index (χ1v) is 10.9. The number of nitrogens with two attached hydrogens (primary N) is 1. The van der Waals surface area contributed by atoms with Gasteiger partial charge < -0.3 is 10.5 Å². The Labute approximate surface area is 169 Å². The number of pyridine rings is 1. The maximum absolute atomic E-state index is 12.6. The van der Waals surface area contributed by atoms with Crippen LogP contribution in [0.3, 0.4) is 0 Å². The number of Topliss-reactive ketones (excluding diaryl/α,β-unsaturated/α-hetero) is 1. The van der Waals surface area contributed by atoms with Crippen molar-refractivity contribution >= 4 is 21.8 Å². The molecule has 2 aliphatic heterocycles. The molecule has 3 heterocycles. The van der Waals surface area contributed by atoms with Crippen molar-refractivity contribution in [2.75, 3.05) is 19.4 Å². The van der Waals surface area contributed by atoms with Gasteiger partial charge in [0.1, 0.15) is 17.0 Å². The van der Waals surface area contributed by atoms with Gasteiger partial charge in [-0.1, -0.05) is 12.1 Å². The molecule has 0 aliphatic carbocycles. The largest absolute Gasteiger partial charge is 0.493 e. The molecule has 0 saturated carbocycles. The van der Waals surface area contributed by atoms with Gasteiger partial charge in [-0.3, -0.25) is 9.78 Å². The lowest BCUT2D eigenvalue weighted by molar-refractivity contribution is 0.0988. The van der Waals surface area contributed by atoms with Crippen molar-refractivity contribution in [3.8, 4) is 5.75 Å². The lowest BCUT2D eigenvalue weighted by Crippen LogP contribution is -2.52. The molecule has 0 amide bonds. The summed E-state index contributed by atoms with van der Waals surface area (Å²) in [6.45, 7) is 2.25. The number of benzene rings is 1. The normalized spacial score (nSPS) is 22.6. The molecule has 2 aromatic rings. The molecular weight excluding hydrogens is 392 g/mol. The third kappa shape index (κ3) is 3.46. The van der Waals surface area contributed by atoms with Gasteiger partial charge in [0.25, 0.3) is 0 Å². The van der Waals surface area contributed by atoms with E-state index in [1.807, 2.05) is 13.0 Å². The Morgan fingerprint density at radius 3 is 2.79 bits per heavy atom. The van der Waals surface area contributed by atoms with Gasteiger partial charge in [0, 0.05) is 31.6 Å². The summed E-state index contributed by atoms with van der Waals surface area (Å²) in [6.07, 6.45) is 2.19. The van der Waals surface area contributed by atoms with Crippen molar-refractivity contribution in [3.05, 3.63) is 58.9 Å². The van der Waals surface area contributed by atoms with Crippen LogP contribution >= 0.6 is 0 Å². The summed E-state index contributed by atoms with van der Waals surface area (Å²) >= 11 is 0. The van der Waals surface area contributed by atoms with Gasteiger partial charge >= 0.3 is 0 Å². The predicted molar refractivity (Wildman–Crippen MR) is 108 cm³/mol. The molecule has 1 aromatic carbocycles. The second-order valence-corrected chi connectivity index (χ2v) is 9.48. The van der Waals surface area contributed by atoms with E-state index in [0.717, 1.165) is 15.4 Å². The molecule has 2 N–H and O–H groups in total. The van der Waals surface area contributed by atoms with Crippen molar-refractivity contribution in [1.29, 1.82) is 0 Å². The van der Waals surface area contributed by atoms with Crippen LogP contribution in [0.5, 0.6) is 5.75 Å². The number of ether oxygens (including phenoxy) is 1. The highest BCUT2D eigenvalue weighted by atomic mass is 32.2. The molecule has 0 bridgehead atoms. The second kappa shape index (κ2) is 6.84. The highest BCUT2D eigenvalue weighted by molar-refractivity contribution is 7.89. The van der Waals surface area contributed by atoms with Crippen LogP contribution in [0.25, 0.3) is 0 Å². The van der Waals surface area contributed by atoms with E-state index in [1.165, 1.54) is 7.05 Å². The Kier molecular flexibility index (Phi) is 4.57. The van der Waals surface area contributed by atoms with Crippen molar-refractivity contribution in [2.24, 2.45) is 10.7 Å². The van der Waals surface area contributed by atoms with E-state index in [4.69, 9.17) is 10.5 Å². The quantitative estimate of drug-likeness (QED) is 0.759. The molecule has 8 nitrogen and oxygen atoms in total. The van der Waals surface area contributed by atoms with Crippen LogP contribution in [0.2, 0.25) is 0 Å². The number of aromatic nitrogens is 1. The Bertz CT molecular complexity index is 1110. The minimum atomic E-state index is -3.60. The zero-order valence-electron chi connectivity index (χ0n) is 16.3. The SMILES string of the molecule is Cc1ccc(C(=O)Cc2ccc3c(c2)[C@]2(CCO3)CS(=O)(=O)N(C)C(N)=N2)nc1. The summed E-state index contributed by atoms with van der Waals surface area (Å²) in [5.41, 5.74) is 7.67. The fraction of sp³-hybridized carbons (Fsp3) is 0.350. The van der Waals surface area contributed by atoms with E-state index in [2.05, 4.69) is 9.98 Å². The Morgan fingerprint density at radius 2 is 2.10 bits per heavy atom. The average molecular weight is 414 g/mol. The topological polar surface area (TPSA) is 115 Å². The molecule has 0 unspecified atom stereocenters. The molecule has 0 fully saturated rings. The van der Waals surface area contributed by atoms with Gasteiger partial charge in [-0.15, -0.1) is 0 Å². The standard InChI is InChI=1S/C20H22N4O4S/c1-13-3-5-16(22-11-13)17(25)10-14-4-6-18-15(9-14)20(7-8-28-18)12-29(26,27)24(2)19(21)23-20/h3-6,9,11H,7-8,10,12H2,1-2H3,(H2,21,23)/t20-/m0/s1. The smallest absolute Gasteiger partial charge is 0.239 e. The van der Waals surface area contributed by atoms with Crippen LogP contribution < -0.4 is 10.5 Å². The highest BCUT2D eigenvalue weighted by Crippen LogP contribution is 2.43. The summed E-state index contributed by atoms with van der Waals surface area (Å²) in [6, 6.07) is 8.92. The van der Waals surface area contributed by atoms with Crippen molar-refractivity contribution in [1.82, 2.24) is 9.29 Å². The van der Waals surface area contributed by atoms with E-state index in [9.17, 15) is 13.2 Å². The van der Waals surface area contributed by atoms with E-state index >= 15 is 0 Å². The third-order valence-corrected chi connectivity index (χ3v) is 7.23. The van der Waals surface area contributed by atoms with E-state index in [0.29, 0.717) is 30.0 Å². The van der Waals surface area contributed by atoms with Crippen molar-refractivity contribution in [2.45, 2.75) is 25.3 Å². The van der Waals surface area contributed by atoms with E-state index in [-0.39, 0.29) is 23.9 Å². The highest BCUT2D eigenvalue weighted by Gasteiger charge is 2.46. The molecule has 1 spiro atoms. The molecule has 0 radical (unpaired) electrons. The third-order valence-electron chi connectivity index (χ3n) is 5.37. The molecule has 1 atom stereocenters. The maximum atomic E-state index is 12.6. The summed E-state index contributed by atoms with van der Waals surface area (Å²) in [5, 5.41) is 0. The number of rotatable bonds is 3. The number of aliphatic imine (C=N–C) groups is 1. The van der Waals surface area contributed by atoms with Gasteiger partial charge in [-0.25, -0.2) is 17.7 Å². The fourth-order valence-electron chi connectivity index (χ4n) is 3.68. The lowest BCUT2D eigenvalue weighted by atomic mass is 9.85. The molecule has 152 valence electrons. The first kappa shape index (κ1) is 19.4.